The van der Waals surface area contributed by atoms with Crippen LogP contribution in [-0.2, 0) is 6.54 Å². The Morgan fingerprint density at radius 2 is 2.42 bits per heavy atom. The highest BCUT2D eigenvalue weighted by atomic mass is 35.5. The van der Waals surface area contributed by atoms with Crippen LogP contribution in [0.1, 0.15) is 23.8 Å². The number of aromatic amines is 1. The highest BCUT2D eigenvalue weighted by Crippen LogP contribution is 2.24. The summed E-state index contributed by atoms with van der Waals surface area (Å²) in [6.07, 6.45) is 3.44. The first-order valence-corrected chi connectivity index (χ1v) is 7.07. The summed E-state index contributed by atoms with van der Waals surface area (Å²) in [5, 5.41) is 1.61. The molecule has 0 aliphatic heterocycles. The van der Waals surface area contributed by atoms with Gasteiger partial charge in [0.2, 0.25) is 0 Å². The maximum absolute atomic E-state index is 11.2. The topological polar surface area (TPSA) is 63.6 Å². The van der Waals surface area contributed by atoms with Gasteiger partial charge in [-0.3, -0.25) is 9.78 Å². The van der Waals surface area contributed by atoms with E-state index in [0.29, 0.717) is 6.54 Å². The van der Waals surface area contributed by atoms with Crippen LogP contribution < -0.4 is 4.87 Å². The van der Waals surface area contributed by atoms with Crippen LogP contribution in [0.15, 0.2) is 28.6 Å². The molecular weight excluding hydrogens is 284 g/mol. The van der Waals surface area contributed by atoms with E-state index in [1.807, 2.05) is 22.9 Å². The van der Waals surface area contributed by atoms with Crippen molar-refractivity contribution in [3.05, 3.63) is 45.0 Å². The molecule has 0 radical (unpaired) electrons. The fourth-order valence-electron chi connectivity index (χ4n) is 2.03. The van der Waals surface area contributed by atoms with Crippen LogP contribution in [0.3, 0.4) is 0 Å². The van der Waals surface area contributed by atoms with E-state index in [2.05, 4.69) is 15.0 Å². The Morgan fingerprint density at radius 3 is 3.11 bits per heavy atom. The van der Waals surface area contributed by atoms with Crippen molar-refractivity contribution < 1.29 is 0 Å². The lowest BCUT2D eigenvalue weighted by molar-refractivity contribution is 0.729. The molecule has 0 aliphatic carbocycles. The number of alkyl halides is 1. The molecule has 0 amide bonds. The SMILES string of the molecule is CC(Cl)c1nc2cnccc2n1Cc1csc(=O)[nH]1. The van der Waals surface area contributed by atoms with Crippen molar-refractivity contribution in [2.45, 2.75) is 18.8 Å². The Morgan fingerprint density at radius 1 is 1.58 bits per heavy atom. The van der Waals surface area contributed by atoms with Gasteiger partial charge in [-0.25, -0.2) is 4.98 Å². The molecule has 1 atom stereocenters. The highest BCUT2D eigenvalue weighted by molar-refractivity contribution is 7.07. The summed E-state index contributed by atoms with van der Waals surface area (Å²) in [7, 11) is 0. The molecule has 98 valence electrons. The number of nitrogens with one attached hydrogen (secondary N) is 1. The number of H-pyrrole nitrogens is 1. The molecule has 1 N–H and O–H groups in total. The third-order valence-corrected chi connectivity index (χ3v) is 3.75. The quantitative estimate of drug-likeness (QED) is 0.755. The van der Waals surface area contributed by atoms with Gasteiger partial charge in [0.1, 0.15) is 11.3 Å². The Hall–Kier alpha value is -1.66. The fraction of sp³-hybridized carbons (Fsp3) is 0.250. The molecule has 0 aromatic carbocycles. The Labute approximate surface area is 117 Å². The second kappa shape index (κ2) is 4.79. The number of nitrogens with zero attached hydrogens (tertiary/aromatic N) is 3. The second-order valence-corrected chi connectivity index (χ2v) is 5.71. The summed E-state index contributed by atoms with van der Waals surface area (Å²) in [4.78, 5) is 22.5. The number of rotatable bonds is 3. The van der Waals surface area contributed by atoms with Crippen LogP contribution in [0.4, 0.5) is 0 Å². The van der Waals surface area contributed by atoms with E-state index in [4.69, 9.17) is 11.6 Å². The third-order valence-electron chi connectivity index (χ3n) is 2.84. The monoisotopic (exact) mass is 294 g/mol. The number of hydrogen-bond acceptors (Lipinski definition) is 4. The summed E-state index contributed by atoms with van der Waals surface area (Å²) in [5.41, 5.74) is 2.62. The molecule has 0 saturated carbocycles. The third kappa shape index (κ3) is 2.29. The fourth-order valence-corrected chi connectivity index (χ4v) is 2.77. The van der Waals surface area contributed by atoms with Crippen molar-refractivity contribution in [1.82, 2.24) is 19.5 Å². The molecule has 1 unspecified atom stereocenters. The average molecular weight is 295 g/mol. The van der Waals surface area contributed by atoms with Gasteiger partial charge in [-0.15, -0.1) is 11.6 Å². The maximum Gasteiger partial charge on any atom is 0.304 e. The standard InChI is InChI=1S/C12H11ClN4OS/c1-7(13)11-16-9-4-14-3-2-10(9)17(11)5-8-6-19-12(18)15-8/h2-4,6-7H,5H2,1H3,(H,15,18). The lowest BCUT2D eigenvalue weighted by Gasteiger charge is -2.08. The minimum atomic E-state index is -0.210. The van der Waals surface area contributed by atoms with Gasteiger partial charge in [-0.1, -0.05) is 11.3 Å². The van der Waals surface area contributed by atoms with Gasteiger partial charge in [-0.2, -0.15) is 0 Å². The summed E-state index contributed by atoms with van der Waals surface area (Å²) in [5.74, 6) is 0.775. The minimum absolute atomic E-state index is 0.0541. The largest absolute Gasteiger partial charge is 0.321 e. The summed E-state index contributed by atoms with van der Waals surface area (Å²) in [6, 6.07) is 1.90. The lowest BCUT2D eigenvalue weighted by Crippen LogP contribution is -2.07. The molecule has 3 heterocycles. The molecule has 7 heteroatoms. The van der Waals surface area contributed by atoms with Crippen LogP contribution in [0.5, 0.6) is 0 Å². The molecule has 3 rings (SSSR count). The summed E-state index contributed by atoms with van der Waals surface area (Å²) in [6.45, 7) is 2.43. The van der Waals surface area contributed by atoms with Crippen molar-refractivity contribution in [2.75, 3.05) is 0 Å². The maximum atomic E-state index is 11.2. The highest BCUT2D eigenvalue weighted by Gasteiger charge is 2.15. The van der Waals surface area contributed by atoms with Gasteiger partial charge in [0.25, 0.3) is 0 Å². The predicted molar refractivity (Wildman–Crippen MR) is 75.8 cm³/mol. The smallest absolute Gasteiger partial charge is 0.304 e. The summed E-state index contributed by atoms with van der Waals surface area (Å²) >= 11 is 7.33. The van der Waals surface area contributed by atoms with Crippen LogP contribution in [-0.4, -0.2) is 19.5 Å². The van der Waals surface area contributed by atoms with Crippen molar-refractivity contribution >= 4 is 34.0 Å². The van der Waals surface area contributed by atoms with Crippen molar-refractivity contribution in [2.24, 2.45) is 0 Å². The molecule has 0 saturated heterocycles. The van der Waals surface area contributed by atoms with Crippen molar-refractivity contribution in [1.29, 1.82) is 0 Å². The van der Waals surface area contributed by atoms with E-state index in [1.54, 1.807) is 12.4 Å². The van der Waals surface area contributed by atoms with Crippen molar-refractivity contribution in [3.8, 4) is 0 Å². The molecule has 0 bridgehead atoms. The van der Waals surface area contributed by atoms with E-state index >= 15 is 0 Å². The van der Waals surface area contributed by atoms with E-state index in [-0.39, 0.29) is 10.3 Å². The number of hydrogen-bond donors (Lipinski definition) is 1. The second-order valence-electron chi connectivity index (χ2n) is 4.21. The molecule has 0 spiro atoms. The van der Waals surface area contributed by atoms with E-state index < -0.39 is 0 Å². The van der Waals surface area contributed by atoms with Gasteiger partial charge in [0.05, 0.1) is 23.6 Å². The first-order valence-electron chi connectivity index (χ1n) is 5.76. The molecule has 5 nitrogen and oxygen atoms in total. The van der Waals surface area contributed by atoms with Crippen LogP contribution in [0.2, 0.25) is 0 Å². The molecule has 3 aromatic rings. The number of thiazole rings is 1. The zero-order valence-electron chi connectivity index (χ0n) is 10.1. The number of pyridine rings is 1. The van der Waals surface area contributed by atoms with Gasteiger partial charge in [0, 0.05) is 17.3 Å². The van der Waals surface area contributed by atoms with Crippen LogP contribution in [0.25, 0.3) is 11.0 Å². The lowest BCUT2D eigenvalue weighted by atomic mass is 10.3. The Kier molecular flexibility index (Phi) is 3.12. The first kappa shape index (κ1) is 12.4. The van der Waals surface area contributed by atoms with E-state index in [9.17, 15) is 4.79 Å². The van der Waals surface area contributed by atoms with Gasteiger partial charge in [0.15, 0.2) is 0 Å². The molecule has 3 aromatic heterocycles. The van der Waals surface area contributed by atoms with E-state index in [0.717, 1.165) is 33.9 Å². The number of fused-ring (bicyclic) bond motifs is 1. The Bertz CT molecular complexity index is 773. The molecular formula is C12H11ClN4OS. The number of imidazole rings is 1. The number of aromatic nitrogens is 4. The normalized spacial score (nSPS) is 12.9. The molecule has 0 aliphatic rings. The van der Waals surface area contributed by atoms with Crippen LogP contribution in [0, 0.1) is 0 Å². The van der Waals surface area contributed by atoms with E-state index in [1.165, 1.54) is 0 Å². The molecule has 0 fully saturated rings. The zero-order valence-corrected chi connectivity index (χ0v) is 11.7. The Balaban J connectivity index is 2.14. The molecule has 19 heavy (non-hydrogen) atoms. The number of halogens is 1. The van der Waals surface area contributed by atoms with Gasteiger partial charge >= 0.3 is 4.87 Å². The minimum Gasteiger partial charge on any atom is -0.321 e. The zero-order chi connectivity index (χ0) is 13.4. The predicted octanol–water partition coefficient (Wildman–Crippen LogP) is 2.53. The van der Waals surface area contributed by atoms with Crippen LogP contribution >= 0.6 is 22.9 Å². The first-order chi connectivity index (χ1) is 9.15. The van der Waals surface area contributed by atoms with Gasteiger partial charge in [-0.05, 0) is 13.0 Å². The van der Waals surface area contributed by atoms with Crippen molar-refractivity contribution in [3.63, 3.8) is 0 Å². The van der Waals surface area contributed by atoms with Gasteiger partial charge < -0.3 is 9.55 Å². The average Bonchev–Trinajstić information content (AvgIpc) is 2.95. The summed E-state index contributed by atoms with van der Waals surface area (Å²) < 4.78 is 2.01.